The van der Waals surface area contributed by atoms with Crippen molar-refractivity contribution in [2.24, 2.45) is 0 Å². The van der Waals surface area contributed by atoms with Gasteiger partial charge in [0.1, 0.15) is 6.33 Å². The predicted octanol–water partition coefficient (Wildman–Crippen LogP) is 1.22. The molecule has 0 unspecified atom stereocenters. The molecule has 1 N–H and O–H groups in total. The number of aromatic nitrogens is 5. The fourth-order valence-electron chi connectivity index (χ4n) is 1.79. The summed E-state index contributed by atoms with van der Waals surface area (Å²) in [5, 5.41) is 16.9. The van der Waals surface area contributed by atoms with Crippen LogP contribution in [0.25, 0.3) is 17.1 Å². The molecule has 0 fully saturated rings. The maximum Gasteiger partial charge on any atom is 0.159 e. The van der Waals surface area contributed by atoms with Crippen LogP contribution in [-0.2, 0) is 6.61 Å². The smallest absolute Gasteiger partial charge is 0.159 e. The minimum absolute atomic E-state index is 0.141. The standard InChI is InChI=1S/C13H11N5O/c19-8-11-7-16-17-18(11)13-6-12(14-9-15-13)10-4-2-1-3-5-10/h1-7,9,19H,8H2. The van der Waals surface area contributed by atoms with Gasteiger partial charge in [-0.2, -0.15) is 4.68 Å². The van der Waals surface area contributed by atoms with Gasteiger partial charge in [0.05, 0.1) is 24.2 Å². The van der Waals surface area contributed by atoms with Crippen molar-refractivity contribution < 1.29 is 5.11 Å². The SMILES string of the molecule is OCc1cnnn1-c1cc(-c2ccccc2)ncn1. The molecule has 0 aliphatic carbocycles. The molecule has 2 aromatic heterocycles. The van der Waals surface area contributed by atoms with Crippen molar-refractivity contribution in [3.05, 3.63) is 54.6 Å². The van der Waals surface area contributed by atoms with Crippen molar-refractivity contribution in [3.63, 3.8) is 0 Å². The Bertz CT molecular complexity index is 680. The maximum absolute atomic E-state index is 9.21. The highest BCUT2D eigenvalue weighted by molar-refractivity contribution is 5.60. The lowest BCUT2D eigenvalue weighted by Crippen LogP contribution is -2.05. The van der Waals surface area contributed by atoms with E-state index in [2.05, 4.69) is 20.3 Å². The van der Waals surface area contributed by atoms with Crippen molar-refractivity contribution >= 4 is 0 Å². The van der Waals surface area contributed by atoms with E-state index in [1.165, 1.54) is 17.2 Å². The summed E-state index contributed by atoms with van der Waals surface area (Å²) in [6.07, 6.45) is 2.98. The molecule has 3 rings (SSSR count). The Kier molecular flexibility index (Phi) is 2.99. The average molecular weight is 253 g/mol. The molecule has 0 radical (unpaired) electrons. The Morgan fingerprint density at radius 1 is 1.11 bits per heavy atom. The van der Waals surface area contributed by atoms with Crippen LogP contribution in [0, 0.1) is 0 Å². The fourth-order valence-corrected chi connectivity index (χ4v) is 1.79. The zero-order valence-corrected chi connectivity index (χ0v) is 10.0. The van der Waals surface area contributed by atoms with E-state index in [9.17, 15) is 5.11 Å². The minimum Gasteiger partial charge on any atom is -0.390 e. The van der Waals surface area contributed by atoms with Crippen LogP contribution >= 0.6 is 0 Å². The Balaban J connectivity index is 2.06. The third-order valence-electron chi connectivity index (χ3n) is 2.72. The second-order valence-electron chi connectivity index (χ2n) is 3.92. The molecule has 0 saturated heterocycles. The summed E-state index contributed by atoms with van der Waals surface area (Å²) in [6.45, 7) is -0.141. The fraction of sp³-hybridized carbons (Fsp3) is 0.0769. The Morgan fingerprint density at radius 3 is 2.74 bits per heavy atom. The van der Waals surface area contributed by atoms with Gasteiger partial charge in [-0.15, -0.1) is 5.10 Å². The zero-order chi connectivity index (χ0) is 13.1. The van der Waals surface area contributed by atoms with E-state index in [0.717, 1.165) is 11.3 Å². The third-order valence-corrected chi connectivity index (χ3v) is 2.72. The van der Waals surface area contributed by atoms with Crippen LogP contribution < -0.4 is 0 Å². The molecule has 0 saturated carbocycles. The second kappa shape index (κ2) is 4.95. The summed E-state index contributed by atoms with van der Waals surface area (Å²) in [7, 11) is 0. The monoisotopic (exact) mass is 253 g/mol. The number of rotatable bonds is 3. The molecule has 1 aromatic carbocycles. The second-order valence-corrected chi connectivity index (χ2v) is 3.92. The first-order valence-corrected chi connectivity index (χ1v) is 5.77. The molecule has 3 aromatic rings. The molecule has 19 heavy (non-hydrogen) atoms. The summed E-state index contributed by atoms with van der Waals surface area (Å²) in [5.74, 6) is 0.579. The van der Waals surface area contributed by atoms with Crippen LogP contribution in [-0.4, -0.2) is 30.1 Å². The highest BCUT2D eigenvalue weighted by Gasteiger charge is 2.08. The largest absolute Gasteiger partial charge is 0.390 e. The molecule has 0 bridgehead atoms. The van der Waals surface area contributed by atoms with E-state index >= 15 is 0 Å². The minimum atomic E-state index is -0.141. The van der Waals surface area contributed by atoms with Crippen molar-refractivity contribution in [3.8, 4) is 17.1 Å². The van der Waals surface area contributed by atoms with Crippen LogP contribution in [0.4, 0.5) is 0 Å². The normalized spacial score (nSPS) is 10.6. The molecule has 94 valence electrons. The number of aliphatic hydroxyl groups is 1. The summed E-state index contributed by atoms with van der Waals surface area (Å²) in [6, 6.07) is 11.6. The number of hydrogen-bond acceptors (Lipinski definition) is 5. The number of aliphatic hydroxyl groups excluding tert-OH is 1. The van der Waals surface area contributed by atoms with Gasteiger partial charge in [0.15, 0.2) is 5.82 Å². The van der Waals surface area contributed by atoms with Crippen LogP contribution in [0.1, 0.15) is 5.69 Å². The molecule has 0 aliphatic rings. The quantitative estimate of drug-likeness (QED) is 0.759. The lowest BCUT2D eigenvalue weighted by molar-refractivity contribution is 0.273. The van der Waals surface area contributed by atoms with Crippen LogP contribution in [0.3, 0.4) is 0 Å². The van der Waals surface area contributed by atoms with Gasteiger partial charge in [0.25, 0.3) is 0 Å². The van der Waals surface area contributed by atoms with Gasteiger partial charge in [0, 0.05) is 11.6 Å². The summed E-state index contributed by atoms with van der Waals surface area (Å²) < 4.78 is 1.49. The van der Waals surface area contributed by atoms with E-state index in [1.54, 1.807) is 0 Å². The van der Waals surface area contributed by atoms with Crippen molar-refractivity contribution in [1.82, 2.24) is 25.0 Å². The van der Waals surface area contributed by atoms with Gasteiger partial charge in [0.2, 0.25) is 0 Å². The maximum atomic E-state index is 9.21. The highest BCUT2D eigenvalue weighted by Crippen LogP contribution is 2.17. The molecule has 2 heterocycles. The van der Waals surface area contributed by atoms with E-state index in [4.69, 9.17) is 0 Å². The third kappa shape index (κ3) is 2.21. The number of benzene rings is 1. The van der Waals surface area contributed by atoms with Gasteiger partial charge >= 0.3 is 0 Å². The van der Waals surface area contributed by atoms with Crippen molar-refractivity contribution in [2.75, 3.05) is 0 Å². The first-order chi connectivity index (χ1) is 9.38. The first-order valence-electron chi connectivity index (χ1n) is 5.77. The van der Waals surface area contributed by atoms with Gasteiger partial charge in [-0.25, -0.2) is 9.97 Å². The lowest BCUT2D eigenvalue weighted by atomic mass is 10.1. The summed E-state index contributed by atoms with van der Waals surface area (Å²) >= 11 is 0. The molecule has 0 spiro atoms. The summed E-state index contributed by atoms with van der Waals surface area (Å²) in [4.78, 5) is 8.39. The molecule has 6 heteroatoms. The zero-order valence-electron chi connectivity index (χ0n) is 10.0. The Morgan fingerprint density at radius 2 is 1.95 bits per heavy atom. The van der Waals surface area contributed by atoms with Crippen LogP contribution in [0.5, 0.6) is 0 Å². The number of nitrogens with zero attached hydrogens (tertiary/aromatic N) is 5. The Hall–Kier alpha value is -2.60. The lowest BCUT2D eigenvalue weighted by Gasteiger charge is -2.05. The van der Waals surface area contributed by atoms with Crippen molar-refractivity contribution in [1.29, 1.82) is 0 Å². The van der Waals surface area contributed by atoms with Gasteiger partial charge in [-0.1, -0.05) is 35.5 Å². The molecule has 0 aliphatic heterocycles. The molecular formula is C13H11N5O. The topological polar surface area (TPSA) is 76.7 Å². The highest BCUT2D eigenvalue weighted by atomic mass is 16.3. The van der Waals surface area contributed by atoms with E-state index < -0.39 is 0 Å². The van der Waals surface area contributed by atoms with E-state index in [1.807, 2.05) is 36.4 Å². The molecule has 6 nitrogen and oxygen atoms in total. The van der Waals surface area contributed by atoms with Gasteiger partial charge in [-0.05, 0) is 0 Å². The van der Waals surface area contributed by atoms with E-state index in [-0.39, 0.29) is 6.61 Å². The molecular weight excluding hydrogens is 242 g/mol. The molecule has 0 atom stereocenters. The van der Waals surface area contributed by atoms with Crippen molar-refractivity contribution in [2.45, 2.75) is 6.61 Å². The van der Waals surface area contributed by atoms with E-state index in [0.29, 0.717) is 11.5 Å². The predicted molar refractivity (Wildman–Crippen MR) is 68.3 cm³/mol. The summed E-state index contributed by atoms with van der Waals surface area (Å²) in [5.41, 5.74) is 2.37. The average Bonchev–Trinajstić information content (AvgIpc) is 2.97. The first kappa shape index (κ1) is 11.5. The van der Waals surface area contributed by atoms with Gasteiger partial charge in [-0.3, -0.25) is 0 Å². The van der Waals surface area contributed by atoms with Gasteiger partial charge < -0.3 is 5.11 Å². The van der Waals surface area contributed by atoms with Crippen LogP contribution in [0.15, 0.2) is 48.9 Å². The Labute approximate surface area is 109 Å². The number of hydrogen-bond donors (Lipinski definition) is 1. The van der Waals surface area contributed by atoms with Crippen LogP contribution in [0.2, 0.25) is 0 Å². The molecule has 0 amide bonds.